The lowest BCUT2D eigenvalue weighted by Gasteiger charge is -2.07. The highest BCUT2D eigenvalue weighted by molar-refractivity contribution is 6.01. The minimum absolute atomic E-state index is 0.0153. The van der Waals surface area contributed by atoms with E-state index in [-0.39, 0.29) is 23.8 Å². The van der Waals surface area contributed by atoms with Crippen molar-refractivity contribution < 1.29 is 9.59 Å². The van der Waals surface area contributed by atoms with Crippen molar-refractivity contribution in [3.05, 3.63) is 23.7 Å². The quantitative estimate of drug-likeness (QED) is 0.697. The van der Waals surface area contributed by atoms with Crippen molar-refractivity contribution in [2.45, 2.75) is 26.9 Å². The lowest BCUT2D eigenvalue weighted by molar-refractivity contribution is -0.116. The van der Waals surface area contributed by atoms with Crippen LogP contribution in [-0.4, -0.2) is 31.4 Å². The van der Waals surface area contributed by atoms with Gasteiger partial charge in [0.05, 0.1) is 11.9 Å². The zero-order valence-electron chi connectivity index (χ0n) is 11.8. The number of amides is 2. The van der Waals surface area contributed by atoms with Gasteiger partial charge < -0.3 is 16.8 Å². The highest BCUT2D eigenvalue weighted by atomic mass is 16.2. The Morgan fingerprint density at radius 3 is 2.62 bits per heavy atom. The molecule has 0 aliphatic carbocycles. The van der Waals surface area contributed by atoms with E-state index >= 15 is 0 Å². The summed E-state index contributed by atoms with van der Waals surface area (Å²) in [5.41, 5.74) is 12.1. The van der Waals surface area contributed by atoms with Crippen LogP contribution in [0.15, 0.2) is 12.3 Å². The minimum Gasteiger partial charge on any atom is -0.382 e. The van der Waals surface area contributed by atoms with E-state index in [0.29, 0.717) is 12.4 Å². The van der Waals surface area contributed by atoms with Crippen LogP contribution in [-0.2, 0) is 17.9 Å². The second-order valence-corrected chi connectivity index (χ2v) is 4.50. The van der Waals surface area contributed by atoms with E-state index in [4.69, 9.17) is 11.5 Å². The van der Waals surface area contributed by atoms with Crippen LogP contribution < -0.4 is 16.8 Å². The van der Waals surface area contributed by atoms with Gasteiger partial charge in [-0.25, -0.2) is 0 Å². The molecule has 9 heteroatoms. The zero-order valence-corrected chi connectivity index (χ0v) is 11.8. The first-order valence-electron chi connectivity index (χ1n) is 6.37. The molecule has 0 saturated heterocycles. The van der Waals surface area contributed by atoms with Gasteiger partial charge in [-0.05, 0) is 13.8 Å². The molecule has 0 bridgehead atoms. The van der Waals surface area contributed by atoms with Gasteiger partial charge in [0.25, 0.3) is 5.91 Å². The van der Waals surface area contributed by atoms with Crippen molar-refractivity contribution in [2.75, 3.05) is 11.1 Å². The number of rotatable bonds is 5. The molecule has 0 aliphatic heterocycles. The Labute approximate surface area is 120 Å². The second kappa shape index (κ2) is 5.65. The first kappa shape index (κ1) is 14.6. The van der Waals surface area contributed by atoms with E-state index in [9.17, 15) is 9.59 Å². The van der Waals surface area contributed by atoms with Gasteiger partial charge in [-0.3, -0.25) is 19.0 Å². The molecule has 0 radical (unpaired) electrons. The number of primary amides is 1. The molecule has 5 N–H and O–H groups in total. The van der Waals surface area contributed by atoms with Crippen molar-refractivity contribution in [1.82, 2.24) is 19.6 Å². The summed E-state index contributed by atoms with van der Waals surface area (Å²) in [4.78, 5) is 23.4. The molecule has 2 aromatic heterocycles. The van der Waals surface area contributed by atoms with Crippen LogP contribution in [0, 0.1) is 6.92 Å². The maximum atomic E-state index is 12.0. The summed E-state index contributed by atoms with van der Waals surface area (Å²) >= 11 is 0. The molecule has 0 aromatic carbocycles. The summed E-state index contributed by atoms with van der Waals surface area (Å²) in [5.74, 6) is -0.652. The predicted octanol–water partition coefficient (Wildman–Crippen LogP) is -0.272. The Hall–Kier alpha value is -2.84. The Balaban J connectivity index is 2.15. The highest BCUT2D eigenvalue weighted by Gasteiger charge is 2.17. The van der Waals surface area contributed by atoms with E-state index in [1.807, 2.05) is 6.92 Å². The van der Waals surface area contributed by atoms with E-state index in [1.165, 1.54) is 15.6 Å². The third-order valence-electron chi connectivity index (χ3n) is 2.94. The van der Waals surface area contributed by atoms with Crippen LogP contribution in [0.3, 0.4) is 0 Å². The highest BCUT2D eigenvalue weighted by Crippen LogP contribution is 2.14. The number of aryl methyl sites for hydroxylation is 2. The number of hydrogen-bond donors (Lipinski definition) is 3. The molecule has 0 fully saturated rings. The molecule has 0 atom stereocenters. The van der Waals surface area contributed by atoms with Crippen LogP contribution in [0.2, 0.25) is 0 Å². The number of nitrogens with one attached hydrogen (secondary N) is 1. The summed E-state index contributed by atoms with van der Waals surface area (Å²) in [6, 6.07) is 1.66. The van der Waals surface area contributed by atoms with Crippen LogP contribution >= 0.6 is 0 Å². The number of nitrogens with zero attached hydrogens (tertiary/aromatic N) is 4. The SMILES string of the molecule is CCn1ncc(NC(=O)Cn2nc(N)cc2C)c1C(N)=O. The van der Waals surface area contributed by atoms with Gasteiger partial charge in [-0.2, -0.15) is 10.2 Å². The minimum atomic E-state index is -0.649. The molecule has 2 aromatic rings. The molecule has 2 heterocycles. The van der Waals surface area contributed by atoms with E-state index in [2.05, 4.69) is 15.5 Å². The summed E-state index contributed by atoms with van der Waals surface area (Å²) < 4.78 is 2.90. The molecule has 0 spiro atoms. The van der Waals surface area contributed by atoms with E-state index < -0.39 is 5.91 Å². The third kappa shape index (κ3) is 3.02. The number of aromatic nitrogens is 4. The second-order valence-electron chi connectivity index (χ2n) is 4.50. The molecule has 0 saturated carbocycles. The van der Waals surface area contributed by atoms with Crippen molar-refractivity contribution in [2.24, 2.45) is 5.73 Å². The van der Waals surface area contributed by atoms with Crippen LogP contribution in [0.25, 0.3) is 0 Å². The average Bonchev–Trinajstić information content (AvgIpc) is 2.93. The number of nitrogen functional groups attached to an aromatic ring is 1. The summed E-state index contributed by atoms with van der Waals surface area (Å²) in [6.07, 6.45) is 1.39. The predicted molar refractivity (Wildman–Crippen MR) is 76.4 cm³/mol. The lowest BCUT2D eigenvalue weighted by Crippen LogP contribution is -2.23. The first-order chi connectivity index (χ1) is 9.92. The van der Waals surface area contributed by atoms with E-state index in [0.717, 1.165) is 5.69 Å². The summed E-state index contributed by atoms with van der Waals surface area (Å²) in [6.45, 7) is 4.07. The molecule has 112 valence electrons. The van der Waals surface area contributed by atoms with Crippen molar-refractivity contribution >= 4 is 23.3 Å². The fourth-order valence-electron chi connectivity index (χ4n) is 2.00. The smallest absolute Gasteiger partial charge is 0.269 e. The van der Waals surface area contributed by atoms with Gasteiger partial charge >= 0.3 is 0 Å². The standard InChI is InChI=1S/C12H17N7O2/c1-3-18-11(12(14)21)8(5-15-18)16-10(20)6-19-7(2)4-9(13)17-19/h4-5H,3,6H2,1-2H3,(H2,13,17)(H2,14,21)(H,16,20). The number of hydrogen-bond acceptors (Lipinski definition) is 5. The maximum absolute atomic E-state index is 12.0. The van der Waals surface area contributed by atoms with Gasteiger partial charge in [0.2, 0.25) is 5.91 Å². The van der Waals surface area contributed by atoms with Gasteiger partial charge in [0.1, 0.15) is 18.1 Å². The van der Waals surface area contributed by atoms with Crippen molar-refractivity contribution in [1.29, 1.82) is 0 Å². The summed E-state index contributed by atoms with van der Waals surface area (Å²) in [5, 5.41) is 10.6. The van der Waals surface area contributed by atoms with Gasteiger partial charge in [-0.15, -0.1) is 0 Å². The lowest BCUT2D eigenvalue weighted by atomic mass is 10.3. The van der Waals surface area contributed by atoms with E-state index in [1.54, 1.807) is 13.0 Å². The van der Waals surface area contributed by atoms with Crippen molar-refractivity contribution in [3.8, 4) is 0 Å². The molecular formula is C12H17N7O2. The molecule has 0 unspecified atom stereocenters. The van der Waals surface area contributed by atoms with Crippen molar-refractivity contribution in [3.63, 3.8) is 0 Å². The Kier molecular flexibility index (Phi) is 3.92. The zero-order chi connectivity index (χ0) is 15.6. The molecule has 21 heavy (non-hydrogen) atoms. The van der Waals surface area contributed by atoms with Gasteiger partial charge in [-0.1, -0.05) is 0 Å². The topological polar surface area (TPSA) is 134 Å². The Bertz CT molecular complexity index is 686. The molecule has 2 amide bonds. The van der Waals surface area contributed by atoms with Gasteiger partial charge in [0.15, 0.2) is 0 Å². The molecule has 0 aliphatic rings. The largest absolute Gasteiger partial charge is 0.382 e. The monoisotopic (exact) mass is 291 g/mol. The number of carbonyl (C=O) groups excluding carboxylic acids is 2. The fourth-order valence-corrected chi connectivity index (χ4v) is 2.00. The number of anilines is 2. The van der Waals surface area contributed by atoms with Crippen LogP contribution in [0.4, 0.5) is 11.5 Å². The third-order valence-corrected chi connectivity index (χ3v) is 2.94. The fraction of sp³-hybridized carbons (Fsp3) is 0.333. The first-order valence-corrected chi connectivity index (χ1v) is 6.37. The Morgan fingerprint density at radius 2 is 2.10 bits per heavy atom. The van der Waals surface area contributed by atoms with Crippen LogP contribution in [0.5, 0.6) is 0 Å². The number of nitrogens with two attached hydrogens (primary N) is 2. The molecule has 2 rings (SSSR count). The maximum Gasteiger partial charge on any atom is 0.269 e. The molecule has 9 nitrogen and oxygen atoms in total. The number of carbonyl (C=O) groups is 2. The van der Waals surface area contributed by atoms with Crippen LogP contribution in [0.1, 0.15) is 23.1 Å². The van der Waals surface area contributed by atoms with Gasteiger partial charge in [0, 0.05) is 18.3 Å². The average molecular weight is 291 g/mol. The summed E-state index contributed by atoms with van der Waals surface area (Å²) in [7, 11) is 0. The Morgan fingerprint density at radius 1 is 1.38 bits per heavy atom. The molecular weight excluding hydrogens is 274 g/mol. The normalized spacial score (nSPS) is 10.6.